The normalized spacial score (nSPS) is 14.2. The van der Waals surface area contributed by atoms with Crippen molar-refractivity contribution in [3.8, 4) is 0 Å². The number of imidazole rings is 1. The second-order valence-corrected chi connectivity index (χ2v) is 5.76. The molecule has 3 rings (SSSR count). The predicted molar refractivity (Wildman–Crippen MR) is 79.0 cm³/mol. The highest BCUT2D eigenvalue weighted by molar-refractivity contribution is 5.93. The van der Waals surface area contributed by atoms with Crippen LogP contribution in [0.5, 0.6) is 0 Å². The Morgan fingerprint density at radius 2 is 2.24 bits per heavy atom. The number of carbonyl (C=O) groups excluding carboxylic acids is 1. The van der Waals surface area contributed by atoms with Gasteiger partial charge in [0.25, 0.3) is 5.91 Å². The number of hydrogen-bond acceptors (Lipinski definition) is 3. The van der Waals surface area contributed by atoms with Gasteiger partial charge in [-0.25, -0.2) is 4.98 Å². The van der Waals surface area contributed by atoms with Gasteiger partial charge in [-0.2, -0.15) is 5.10 Å². The average molecular weight is 287 g/mol. The van der Waals surface area contributed by atoms with Crippen molar-refractivity contribution in [1.82, 2.24) is 25.1 Å². The van der Waals surface area contributed by atoms with E-state index in [4.69, 9.17) is 0 Å². The molecule has 0 bridgehead atoms. The predicted octanol–water partition coefficient (Wildman–Crippen LogP) is 2.00. The van der Waals surface area contributed by atoms with Gasteiger partial charge in [-0.1, -0.05) is 0 Å². The Kier molecular flexibility index (Phi) is 3.77. The van der Waals surface area contributed by atoms with Crippen LogP contribution in [0.2, 0.25) is 0 Å². The molecule has 0 spiro atoms. The van der Waals surface area contributed by atoms with E-state index >= 15 is 0 Å². The van der Waals surface area contributed by atoms with Gasteiger partial charge in [0.05, 0.1) is 6.54 Å². The van der Waals surface area contributed by atoms with E-state index in [1.165, 1.54) is 6.42 Å². The summed E-state index contributed by atoms with van der Waals surface area (Å²) < 4.78 is 2.06. The quantitative estimate of drug-likeness (QED) is 0.903. The van der Waals surface area contributed by atoms with E-state index in [2.05, 4.69) is 38.9 Å². The van der Waals surface area contributed by atoms with Crippen molar-refractivity contribution >= 4 is 5.91 Å². The summed E-state index contributed by atoms with van der Waals surface area (Å²) >= 11 is 0. The third-order valence-electron chi connectivity index (χ3n) is 3.98. The molecule has 0 fully saturated rings. The van der Waals surface area contributed by atoms with Crippen LogP contribution < -0.4 is 5.32 Å². The fraction of sp³-hybridized carbons (Fsp3) is 0.533. The third-order valence-corrected chi connectivity index (χ3v) is 3.98. The van der Waals surface area contributed by atoms with Crippen LogP contribution in [0.4, 0.5) is 0 Å². The number of rotatable bonds is 4. The molecule has 112 valence electrons. The Labute approximate surface area is 124 Å². The molecule has 2 N–H and O–H groups in total. The van der Waals surface area contributed by atoms with Crippen molar-refractivity contribution in [3.63, 3.8) is 0 Å². The molecular weight excluding hydrogens is 266 g/mol. The molecular formula is C15H21N5O. The average Bonchev–Trinajstić information content (AvgIpc) is 3.11. The Morgan fingerprint density at radius 3 is 3.05 bits per heavy atom. The van der Waals surface area contributed by atoms with Crippen LogP contribution in [-0.2, 0) is 19.4 Å². The number of carbonyl (C=O) groups is 1. The highest BCUT2D eigenvalue weighted by atomic mass is 16.1. The van der Waals surface area contributed by atoms with E-state index in [1.54, 1.807) is 6.20 Å². The molecule has 2 aromatic rings. The van der Waals surface area contributed by atoms with E-state index in [-0.39, 0.29) is 5.91 Å². The largest absolute Gasteiger partial charge is 0.343 e. The smallest absolute Gasteiger partial charge is 0.272 e. The number of aromatic amines is 1. The van der Waals surface area contributed by atoms with Gasteiger partial charge < -0.3 is 9.88 Å². The van der Waals surface area contributed by atoms with Crippen LogP contribution in [-0.4, -0.2) is 25.7 Å². The number of fused-ring (bicyclic) bond motifs is 1. The van der Waals surface area contributed by atoms with Crippen molar-refractivity contribution in [3.05, 3.63) is 35.2 Å². The van der Waals surface area contributed by atoms with E-state index in [9.17, 15) is 4.79 Å². The first-order valence-electron chi connectivity index (χ1n) is 7.53. The summed E-state index contributed by atoms with van der Waals surface area (Å²) in [4.78, 5) is 16.6. The number of amides is 1. The minimum absolute atomic E-state index is 0.118. The second-order valence-electron chi connectivity index (χ2n) is 5.76. The van der Waals surface area contributed by atoms with Gasteiger partial charge in [0.15, 0.2) is 5.69 Å². The highest BCUT2D eigenvalue weighted by Gasteiger charge is 2.21. The molecule has 1 amide bonds. The highest BCUT2D eigenvalue weighted by Crippen LogP contribution is 2.22. The first kappa shape index (κ1) is 13.9. The van der Waals surface area contributed by atoms with Crippen LogP contribution >= 0.6 is 0 Å². The van der Waals surface area contributed by atoms with E-state index in [1.807, 2.05) is 6.20 Å². The van der Waals surface area contributed by atoms with E-state index in [0.29, 0.717) is 18.3 Å². The van der Waals surface area contributed by atoms with Crippen LogP contribution in [0.3, 0.4) is 0 Å². The monoisotopic (exact) mass is 287 g/mol. The van der Waals surface area contributed by atoms with Gasteiger partial charge >= 0.3 is 0 Å². The lowest BCUT2D eigenvalue weighted by Crippen LogP contribution is -2.26. The molecule has 6 nitrogen and oxygen atoms in total. The zero-order valence-corrected chi connectivity index (χ0v) is 12.5. The maximum absolute atomic E-state index is 12.3. The molecule has 0 saturated carbocycles. The Bertz CT molecular complexity index is 640. The molecule has 0 saturated heterocycles. The fourth-order valence-electron chi connectivity index (χ4n) is 2.86. The maximum Gasteiger partial charge on any atom is 0.272 e. The molecule has 0 atom stereocenters. The molecule has 1 aliphatic carbocycles. The zero-order chi connectivity index (χ0) is 14.8. The van der Waals surface area contributed by atoms with Gasteiger partial charge in [-0.05, 0) is 39.5 Å². The van der Waals surface area contributed by atoms with Crippen LogP contribution in [0.1, 0.15) is 60.3 Å². The summed E-state index contributed by atoms with van der Waals surface area (Å²) in [7, 11) is 0. The standard InChI is InChI=1S/C15H21N5O/c1-10(2)20-8-7-16-13(20)9-17-15(21)14-11-5-3-4-6-12(11)18-19-14/h7-8,10H,3-6,9H2,1-2H3,(H,17,21)(H,18,19). The molecule has 2 aromatic heterocycles. The Morgan fingerprint density at radius 1 is 1.43 bits per heavy atom. The molecule has 0 radical (unpaired) electrons. The molecule has 0 aromatic carbocycles. The van der Waals surface area contributed by atoms with Crippen LogP contribution in [0.15, 0.2) is 12.4 Å². The Balaban J connectivity index is 1.69. The van der Waals surface area contributed by atoms with Crippen molar-refractivity contribution < 1.29 is 4.79 Å². The summed E-state index contributed by atoms with van der Waals surface area (Å²) in [6.07, 6.45) is 7.93. The second kappa shape index (κ2) is 5.71. The molecule has 1 aliphatic rings. The summed E-state index contributed by atoms with van der Waals surface area (Å²) in [5.41, 5.74) is 2.76. The molecule has 2 heterocycles. The van der Waals surface area contributed by atoms with Crippen LogP contribution in [0, 0.1) is 0 Å². The van der Waals surface area contributed by atoms with Gasteiger partial charge in [0, 0.05) is 29.7 Å². The summed E-state index contributed by atoms with van der Waals surface area (Å²) in [6.45, 7) is 4.61. The lowest BCUT2D eigenvalue weighted by molar-refractivity contribution is 0.0943. The van der Waals surface area contributed by atoms with Gasteiger partial charge in [0.1, 0.15) is 5.82 Å². The first-order chi connectivity index (χ1) is 10.2. The number of nitrogens with one attached hydrogen (secondary N) is 2. The lowest BCUT2D eigenvalue weighted by Gasteiger charge is -2.13. The van der Waals surface area contributed by atoms with Crippen molar-refractivity contribution in [2.45, 2.75) is 52.1 Å². The summed E-state index contributed by atoms with van der Waals surface area (Å²) in [6, 6.07) is 0.331. The van der Waals surface area contributed by atoms with Gasteiger partial charge in [-0.15, -0.1) is 0 Å². The summed E-state index contributed by atoms with van der Waals surface area (Å²) in [5.74, 6) is 0.746. The van der Waals surface area contributed by atoms with E-state index in [0.717, 1.165) is 36.3 Å². The van der Waals surface area contributed by atoms with Crippen molar-refractivity contribution in [1.29, 1.82) is 0 Å². The molecule has 0 unspecified atom stereocenters. The number of aryl methyl sites for hydroxylation is 1. The van der Waals surface area contributed by atoms with Gasteiger partial charge in [0.2, 0.25) is 0 Å². The van der Waals surface area contributed by atoms with Gasteiger partial charge in [-0.3, -0.25) is 9.89 Å². The minimum atomic E-state index is -0.118. The molecule has 21 heavy (non-hydrogen) atoms. The Hall–Kier alpha value is -2.11. The van der Waals surface area contributed by atoms with Crippen molar-refractivity contribution in [2.24, 2.45) is 0 Å². The molecule has 0 aliphatic heterocycles. The zero-order valence-electron chi connectivity index (χ0n) is 12.5. The maximum atomic E-state index is 12.3. The number of hydrogen-bond donors (Lipinski definition) is 2. The summed E-state index contributed by atoms with van der Waals surface area (Å²) in [5, 5.41) is 10.1. The SMILES string of the molecule is CC(C)n1ccnc1CNC(=O)c1n[nH]c2c1CCCC2. The third kappa shape index (κ3) is 2.70. The lowest BCUT2D eigenvalue weighted by atomic mass is 9.96. The van der Waals surface area contributed by atoms with Crippen molar-refractivity contribution in [2.75, 3.05) is 0 Å². The number of nitrogens with zero attached hydrogens (tertiary/aromatic N) is 3. The minimum Gasteiger partial charge on any atom is -0.343 e. The molecule has 6 heteroatoms. The fourth-order valence-corrected chi connectivity index (χ4v) is 2.86. The van der Waals surface area contributed by atoms with Crippen LogP contribution in [0.25, 0.3) is 0 Å². The number of H-pyrrole nitrogens is 1. The topological polar surface area (TPSA) is 75.6 Å². The first-order valence-corrected chi connectivity index (χ1v) is 7.53. The number of aromatic nitrogens is 4. The van der Waals surface area contributed by atoms with E-state index < -0.39 is 0 Å².